The van der Waals surface area contributed by atoms with Crippen LogP contribution < -0.4 is 5.32 Å². The highest BCUT2D eigenvalue weighted by molar-refractivity contribution is 5.85. The van der Waals surface area contributed by atoms with Gasteiger partial charge in [0, 0.05) is 43.9 Å². The average Bonchev–Trinajstić information content (AvgIpc) is 2.43. The molecule has 1 atom stereocenters. The van der Waals surface area contributed by atoms with Crippen molar-refractivity contribution in [3.8, 4) is 0 Å². The lowest BCUT2D eigenvalue weighted by molar-refractivity contribution is 0.0772. The molecule has 0 amide bonds. The number of piperazine rings is 1. The maximum absolute atomic E-state index is 14.1. The van der Waals surface area contributed by atoms with Crippen LogP contribution in [-0.4, -0.2) is 31.1 Å². The number of hydrogen-bond donors (Lipinski definition) is 1. The van der Waals surface area contributed by atoms with E-state index in [9.17, 15) is 17.6 Å². The Labute approximate surface area is 145 Å². The van der Waals surface area contributed by atoms with E-state index in [1.54, 1.807) is 0 Å². The molecule has 1 saturated carbocycles. The summed E-state index contributed by atoms with van der Waals surface area (Å²) in [5.74, 6) is -5.06. The largest absolute Gasteiger partial charge is 0.314 e. The predicted octanol–water partition coefficient (Wildman–Crippen LogP) is 3.83. The van der Waals surface area contributed by atoms with Crippen LogP contribution in [0.3, 0.4) is 0 Å². The molecule has 0 bridgehead atoms. The number of hydrogen-bond acceptors (Lipinski definition) is 2. The number of nitrogens with zero attached hydrogens (tertiary/aromatic N) is 1. The zero-order chi connectivity index (χ0) is 15.0. The summed E-state index contributed by atoms with van der Waals surface area (Å²) < 4.78 is 55.3. The van der Waals surface area contributed by atoms with E-state index in [0.29, 0.717) is 26.2 Å². The summed E-state index contributed by atoms with van der Waals surface area (Å²) in [6.07, 6.45) is 2.67. The van der Waals surface area contributed by atoms with Gasteiger partial charge in [0.2, 0.25) is 0 Å². The van der Waals surface area contributed by atoms with Crippen molar-refractivity contribution < 1.29 is 17.6 Å². The first-order valence-electron chi connectivity index (χ1n) is 7.37. The van der Waals surface area contributed by atoms with Crippen LogP contribution in [0.2, 0.25) is 0 Å². The van der Waals surface area contributed by atoms with E-state index in [-0.39, 0.29) is 36.8 Å². The highest BCUT2D eigenvalue weighted by Gasteiger charge is 2.38. The molecule has 0 radical (unpaired) electrons. The summed E-state index contributed by atoms with van der Waals surface area (Å²) in [6.45, 7) is 2.67. The van der Waals surface area contributed by atoms with Gasteiger partial charge in [-0.1, -0.05) is 6.42 Å². The second kappa shape index (κ2) is 8.51. The van der Waals surface area contributed by atoms with Crippen LogP contribution in [0, 0.1) is 29.2 Å². The molecule has 0 unspecified atom stereocenters. The van der Waals surface area contributed by atoms with Crippen molar-refractivity contribution in [1.82, 2.24) is 10.2 Å². The molecule has 1 aromatic carbocycles. The smallest absolute Gasteiger partial charge is 0.166 e. The maximum atomic E-state index is 14.1. The molecule has 3 rings (SSSR count). The van der Waals surface area contributed by atoms with E-state index in [1.165, 1.54) is 0 Å². The van der Waals surface area contributed by atoms with Crippen molar-refractivity contribution in [2.24, 2.45) is 5.92 Å². The van der Waals surface area contributed by atoms with Gasteiger partial charge in [-0.15, -0.1) is 24.8 Å². The molecule has 2 aliphatic rings. The van der Waals surface area contributed by atoms with Crippen LogP contribution in [0.1, 0.15) is 30.9 Å². The van der Waals surface area contributed by atoms with E-state index in [4.69, 9.17) is 0 Å². The highest BCUT2D eigenvalue weighted by Crippen LogP contribution is 2.43. The van der Waals surface area contributed by atoms with E-state index < -0.39 is 34.9 Å². The van der Waals surface area contributed by atoms with Gasteiger partial charge in [0.15, 0.2) is 23.3 Å². The second-order valence-corrected chi connectivity index (χ2v) is 5.80. The normalized spacial score (nSPS) is 20.2. The lowest BCUT2D eigenvalue weighted by Gasteiger charge is -2.43. The Morgan fingerprint density at radius 3 is 1.91 bits per heavy atom. The molecule has 132 valence electrons. The first-order valence-corrected chi connectivity index (χ1v) is 7.37. The van der Waals surface area contributed by atoms with E-state index in [1.807, 2.05) is 4.90 Å². The molecule has 23 heavy (non-hydrogen) atoms. The van der Waals surface area contributed by atoms with Gasteiger partial charge >= 0.3 is 0 Å². The Balaban J connectivity index is 0.00000132. The van der Waals surface area contributed by atoms with Crippen molar-refractivity contribution in [3.05, 3.63) is 34.9 Å². The van der Waals surface area contributed by atoms with Crippen molar-refractivity contribution in [2.45, 2.75) is 25.3 Å². The molecule has 1 aliphatic carbocycles. The molecule has 1 saturated heterocycles. The van der Waals surface area contributed by atoms with E-state index in [2.05, 4.69) is 5.32 Å². The summed E-state index contributed by atoms with van der Waals surface area (Å²) in [5, 5.41) is 3.17. The van der Waals surface area contributed by atoms with Crippen molar-refractivity contribution in [2.75, 3.05) is 26.2 Å². The first-order chi connectivity index (χ1) is 10.1. The third kappa shape index (κ3) is 3.92. The number of nitrogens with one attached hydrogen (secondary N) is 1. The molecule has 8 heteroatoms. The topological polar surface area (TPSA) is 15.3 Å². The van der Waals surface area contributed by atoms with E-state index >= 15 is 0 Å². The Kier molecular flexibility index (Phi) is 7.58. The number of halogens is 6. The van der Waals surface area contributed by atoms with Crippen LogP contribution in [-0.2, 0) is 0 Å². The van der Waals surface area contributed by atoms with Crippen LogP contribution >= 0.6 is 24.8 Å². The Hall–Kier alpha value is -0.560. The van der Waals surface area contributed by atoms with Crippen LogP contribution in [0.5, 0.6) is 0 Å². The van der Waals surface area contributed by atoms with Gasteiger partial charge in [0.1, 0.15) is 0 Å². The van der Waals surface area contributed by atoms with Crippen molar-refractivity contribution in [3.63, 3.8) is 0 Å². The zero-order valence-electron chi connectivity index (χ0n) is 12.5. The van der Waals surface area contributed by atoms with E-state index in [0.717, 1.165) is 19.3 Å². The van der Waals surface area contributed by atoms with Crippen LogP contribution in [0.4, 0.5) is 17.6 Å². The van der Waals surface area contributed by atoms with Gasteiger partial charge in [-0.2, -0.15) is 0 Å². The lowest BCUT2D eigenvalue weighted by Crippen LogP contribution is -2.48. The fourth-order valence-electron chi connectivity index (χ4n) is 3.28. The fraction of sp³-hybridized carbons (Fsp3) is 0.600. The van der Waals surface area contributed by atoms with Gasteiger partial charge in [-0.3, -0.25) is 4.90 Å². The van der Waals surface area contributed by atoms with Crippen LogP contribution in [0.25, 0.3) is 0 Å². The van der Waals surface area contributed by atoms with Gasteiger partial charge in [-0.05, 0) is 18.8 Å². The second-order valence-electron chi connectivity index (χ2n) is 5.80. The predicted molar refractivity (Wildman–Crippen MR) is 85.3 cm³/mol. The minimum absolute atomic E-state index is 0. The summed E-state index contributed by atoms with van der Waals surface area (Å²) in [4.78, 5) is 1.95. The highest BCUT2D eigenvalue weighted by atomic mass is 35.5. The lowest BCUT2D eigenvalue weighted by atomic mass is 9.76. The van der Waals surface area contributed by atoms with Gasteiger partial charge in [0.05, 0.1) is 0 Å². The third-order valence-electron chi connectivity index (χ3n) is 4.58. The first kappa shape index (κ1) is 20.5. The maximum Gasteiger partial charge on any atom is 0.166 e. The Morgan fingerprint density at radius 2 is 1.48 bits per heavy atom. The minimum atomic E-state index is -1.32. The molecule has 1 aromatic rings. The van der Waals surface area contributed by atoms with Gasteiger partial charge in [-0.25, -0.2) is 17.6 Å². The summed E-state index contributed by atoms with van der Waals surface area (Å²) in [7, 11) is 0. The molecule has 0 aromatic heterocycles. The van der Waals surface area contributed by atoms with Crippen molar-refractivity contribution in [1.29, 1.82) is 0 Å². The fourth-order valence-corrected chi connectivity index (χ4v) is 3.28. The quantitative estimate of drug-likeness (QED) is 0.638. The number of rotatable bonds is 3. The SMILES string of the molecule is Cl.Cl.Fc1cc(F)c(F)c([C@H](C2CCC2)N2CCNCC2)c1F. The van der Waals surface area contributed by atoms with Crippen LogP contribution in [0.15, 0.2) is 6.07 Å². The summed E-state index contributed by atoms with van der Waals surface area (Å²) >= 11 is 0. The molecule has 2 fully saturated rings. The Bertz CT molecular complexity index is 508. The molecule has 2 nitrogen and oxygen atoms in total. The molecule has 0 spiro atoms. The molecular formula is C15H20Cl2F4N2. The van der Waals surface area contributed by atoms with Gasteiger partial charge < -0.3 is 5.32 Å². The summed E-state index contributed by atoms with van der Waals surface area (Å²) in [5.41, 5.74) is -0.431. The molecular weight excluding hydrogens is 355 g/mol. The monoisotopic (exact) mass is 374 g/mol. The number of benzene rings is 1. The molecule has 1 N–H and O–H groups in total. The van der Waals surface area contributed by atoms with Crippen molar-refractivity contribution >= 4 is 24.8 Å². The summed E-state index contributed by atoms with van der Waals surface area (Å²) in [6, 6.07) is -0.296. The average molecular weight is 375 g/mol. The minimum Gasteiger partial charge on any atom is -0.314 e. The van der Waals surface area contributed by atoms with Gasteiger partial charge in [0.25, 0.3) is 0 Å². The Morgan fingerprint density at radius 1 is 0.957 bits per heavy atom. The molecule has 1 heterocycles. The zero-order valence-corrected chi connectivity index (χ0v) is 14.1. The third-order valence-corrected chi connectivity index (χ3v) is 4.58. The molecule has 1 aliphatic heterocycles. The standard InChI is InChI=1S/C15H18F4N2.2ClH/c16-10-8-11(17)14(19)12(13(10)18)15(9-2-1-3-9)21-6-4-20-5-7-21;;/h8-9,15,20H,1-7H2;2*1H/t15-;;/m0../s1.